The summed E-state index contributed by atoms with van der Waals surface area (Å²) in [5.41, 5.74) is 0.562. The Morgan fingerprint density at radius 1 is 1.41 bits per heavy atom. The second-order valence-electron chi connectivity index (χ2n) is 5.00. The molecule has 2 aromatic heterocycles. The zero-order valence-corrected chi connectivity index (χ0v) is 13.5. The average Bonchev–Trinajstić information content (AvgIpc) is 3.04. The van der Waals surface area contributed by atoms with Crippen LogP contribution in [0.4, 0.5) is 0 Å². The Morgan fingerprint density at radius 2 is 2.14 bits per heavy atom. The molecule has 1 amide bonds. The Labute approximate surface area is 132 Å². The van der Waals surface area contributed by atoms with E-state index in [9.17, 15) is 9.59 Å². The first-order chi connectivity index (χ1) is 10.4. The summed E-state index contributed by atoms with van der Waals surface area (Å²) in [6.07, 6.45) is 1.07. The van der Waals surface area contributed by atoms with Crippen LogP contribution < -0.4 is 5.32 Å². The molecule has 0 saturated heterocycles. The topological polar surface area (TPSA) is 92.4 Å². The minimum absolute atomic E-state index is 0.392. The van der Waals surface area contributed by atoms with Crippen LogP contribution in [0.25, 0.3) is 10.8 Å². The molecule has 0 spiro atoms. The highest BCUT2D eigenvalue weighted by atomic mass is 32.1. The molecule has 2 rings (SSSR count). The monoisotopic (exact) mass is 322 g/mol. The number of aromatic nitrogens is 1. The molecule has 0 bridgehead atoms. The molecule has 1 atom stereocenters. The first-order valence-electron chi connectivity index (χ1n) is 7.00. The van der Waals surface area contributed by atoms with Gasteiger partial charge in [-0.3, -0.25) is 4.79 Å². The van der Waals surface area contributed by atoms with Crippen molar-refractivity contribution in [3.63, 3.8) is 0 Å². The van der Waals surface area contributed by atoms with Gasteiger partial charge in [-0.15, -0.1) is 11.3 Å². The highest BCUT2D eigenvalue weighted by Crippen LogP contribution is 2.29. The zero-order chi connectivity index (χ0) is 16.3. The molecule has 0 radical (unpaired) electrons. The highest BCUT2D eigenvalue weighted by Gasteiger charge is 2.23. The molecule has 0 aliphatic rings. The van der Waals surface area contributed by atoms with E-state index in [2.05, 4.69) is 10.3 Å². The van der Waals surface area contributed by atoms with Crippen molar-refractivity contribution in [2.75, 3.05) is 0 Å². The molecule has 6 nitrogen and oxygen atoms in total. The number of hydrogen-bond donors (Lipinski definition) is 2. The van der Waals surface area contributed by atoms with Gasteiger partial charge < -0.3 is 14.8 Å². The van der Waals surface area contributed by atoms with Crippen LogP contribution in [0.1, 0.15) is 40.9 Å². The van der Waals surface area contributed by atoms with Crippen LogP contribution in [0.2, 0.25) is 0 Å². The predicted octanol–water partition coefficient (Wildman–Crippen LogP) is 3.00. The van der Waals surface area contributed by atoms with Gasteiger partial charge in [-0.2, -0.15) is 0 Å². The summed E-state index contributed by atoms with van der Waals surface area (Å²) in [5, 5.41) is 12.3. The number of aliphatic carboxylic acids is 1. The minimum atomic E-state index is -1.03. The number of carboxylic acid groups (broad SMARTS) is 1. The summed E-state index contributed by atoms with van der Waals surface area (Å²) in [5.74, 6) is -0.0691. The van der Waals surface area contributed by atoms with E-state index >= 15 is 0 Å². The van der Waals surface area contributed by atoms with Crippen molar-refractivity contribution in [2.24, 2.45) is 0 Å². The van der Waals surface area contributed by atoms with Crippen molar-refractivity contribution in [1.82, 2.24) is 10.3 Å². The predicted molar refractivity (Wildman–Crippen MR) is 83.1 cm³/mol. The van der Waals surface area contributed by atoms with E-state index in [0.29, 0.717) is 34.2 Å². The molecular formula is C15H18N2O4S. The normalized spacial score (nSPS) is 12.1. The fourth-order valence-electron chi connectivity index (χ4n) is 2.03. The lowest BCUT2D eigenvalue weighted by atomic mass is 10.1. The van der Waals surface area contributed by atoms with E-state index in [1.807, 2.05) is 19.9 Å². The molecule has 0 aliphatic heterocycles. The van der Waals surface area contributed by atoms with E-state index in [0.717, 1.165) is 5.76 Å². The minimum Gasteiger partial charge on any atom is -0.480 e. The Kier molecular flexibility index (Phi) is 4.97. The average molecular weight is 322 g/mol. The largest absolute Gasteiger partial charge is 0.480 e. The van der Waals surface area contributed by atoms with Crippen LogP contribution in [0.5, 0.6) is 0 Å². The van der Waals surface area contributed by atoms with Crippen LogP contribution in [0.15, 0.2) is 16.5 Å². The summed E-state index contributed by atoms with van der Waals surface area (Å²) < 4.78 is 5.50. The highest BCUT2D eigenvalue weighted by molar-refractivity contribution is 7.17. The van der Waals surface area contributed by atoms with Crippen LogP contribution in [-0.2, 0) is 4.79 Å². The van der Waals surface area contributed by atoms with Crippen molar-refractivity contribution in [1.29, 1.82) is 0 Å². The zero-order valence-electron chi connectivity index (χ0n) is 12.7. The molecule has 1 unspecified atom stereocenters. The second-order valence-corrected chi connectivity index (χ2v) is 6.00. The fraction of sp³-hybridized carbons (Fsp3) is 0.400. The SMILES string of the molecule is CCCC(NC(=O)c1sc(-c2ccc(C)o2)nc1C)C(=O)O. The molecule has 0 aliphatic carbocycles. The van der Waals surface area contributed by atoms with E-state index in [4.69, 9.17) is 9.52 Å². The van der Waals surface area contributed by atoms with Gasteiger partial charge in [0.1, 0.15) is 16.7 Å². The third-order valence-electron chi connectivity index (χ3n) is 3.13. The number of hydrogen-bond acceptors (Lipinski definition) is 5. The molecule has 2 aromatic rings. The lowest BCUT2D eigenvalue weighted by Gasteiger charge is -2.12. The number of carbonyl (C=O) groups excluding carboxylic acids is 1. The fourth-order valence-corrected chi connectivity index (χ4v) is 2.96. The second kappa shape index (κ2) is 6.74. The quantitative estimate of drug-likeness (QED) is 0.853. The molecule has 2 N–H and O–H groups in total. The van der Waals surface area contributed by atoms with Gasteiger partial charge in [0.15, 0.2) is 10.8 Å². The molecule has 0 fully saturated rings. The van der Waals surface area contributed by atoms with Gasteiger partial charge in [0.05, 0.1) is 5.69 Å². The molecular weight excluding hydrogens is 304 g/mol. The third kappa shape index (κ3) is 3.54. The number of aryl methyl sites for hydroxylation is 2. The number of carboxylic acids is 1. The Morgan fingerprint density at radius 3 is 2.68 bits per heavy atom. The van der Waals surface area contributed by atoms with Gasteiger partial charge in [-0.05, 0) is 32.4 Å². The van der Waals surface area contributed by atoms with Crippen LogP contribution in [0.3, 0.4) is 0 Å². The first kappa shape index (κ1) is 16.2. The Hall–Kier alpha value is -2.15. The molecule has 2 heterocycles. The smallest absolute Gasteiger partial charge is 0.326 e. The number of thiazole rings is 1. The summed E-state index contributed by atoms with van der Waals surface area (Å²) in [4.78, 5) is 28.1. The van der Waals surface area contributed by atoms with Gasteiger partial charge in [0.2, 0.25) is 0 Å². The van der Waals surface area contributed by atoms with Gasteiger partial charge >= 0.3 is 5.97 Å². The standard InChI is InChI=1S/C15H18N2O4S/c1-4-5-10(15(19)20)17-13(18)12-9(3)16-14(22-12)11-7-6-8(2)21-11/h6-7,10H,4-5H2,1-3H3,(H,17,18)(H,19,20). The van der Waals surface area contributed by atoms with Crippen molar-refractivity contribution in [3.8, 4) is 10.8 Å². The Balaban J connectivity index is 2.20. The van der Waals surface area contributed by atoms with Crippen molar-refractivity contribution >= 4 is 23.2 Å². The third-order valence-corrected chi connectivity index (χ3v) is 4.31. The molecule has 0 saturated carbocycles. The Bertz CT molecular complexity index is 690. The van der Waals surface area contributed by atoms with Gasteiger partial charge in [0.25, 0.3) is 5.91 Å². The summed E-state index contributed by atoms with van der Waals surface area (Å²) in [6, 6.07) is 2.74. The number of furan rings is 1. The summed E-state index contributed by atoms with van der Waals surface area (Å²) in [6.45, 7) is 5.43. The van der Waals surface area contributed by atoms with Crippen LogP contribution >= 0.6 is 11.3 Å². The van der Waals surface area contributed by atoms with Crippen molar-refractivity contribution in [3.05, 3.63) is 28.5 Å². The van der Waals surface area contributed by atoms with Gasteiger partial charge in [0, 0.05) is 0 Å². The van der Waals surface area contributed by atoms with Crippen molar-refractivity contribution in [2.45, 2.75) is 39.7 Å². The van der Waals surface area contributed by atoms with Crippen molar-refractivity contribution < 1.29 is 19.1 Å². The van der Waals surface area contributed by atoms with E-state index < -0.39 is 17.9 Å². The lowest BCUT2D eigenvalue weighted by Crippen LogP contribution is -2.40. The maximum absolute atomic E-state index is 12.3. The number of nitrogens with zero attached hydrogens (tertiary/aromatic N) is 1. The van der Waals surface area contributed by atoms with E-state index in [-0.39, 0.29) is 0 Å². The molecule has 0 aromatic carbocycles. The first-order valence-corrected chi connectivity index (χ1v) is 7.82. The van der Waals surface area contributed by atoms with Crippen LogP contribution in [-0.4, -0.2) is 28.0 Å². The van der Waals surface area contributed by atoms with Gasteiger partial charge in [-0.25, -0.2) is 9.78 Å². The van der Waals surface area contributed by atoms with E-state index in [1.165, 1.54) is 11.3 Å². The maximum Gasteiger partial charge on any atom is 0.326 e. The number of amides is 1. The maximum atomic E-state index is 12.3. The number of nitrogens with one attached hydrogen (secondary N) is 1. The molecule has 7 heteroatoms. The van der Waals surface area contributed by atoms with Crippen LogP contribution in [0, 0.1) is 13.8 Å². The summed E-state index contributed by atoms with van der Waals surface area (Å²) >= 11 is 1.20. The number of rotatable bonds is 6. The lowest BCUT2D eigenvalue weighted by molar-refractivity contribution is -0.139. The summed E-state index contributed by atoms with van der Waals surface area (Å²) in [7, 11) is 0. The van der Waals surface area contributed by atoms with Gasteiger partial charge in [-0.1, -0.05) is 13.3 Å². The van der Waals surface area contributed by atoms with E-state index in [1.54, 1.807) is 13.0 Å². The molecule has 118 valence electrons. The molecule has 22 heavy (non-hydrogen) atoms. The number of carbonyl (C=O) groups is 2.